The lowest BCUT2D eigenvalue weighted by molar-refractivity contribution is -0.00414. The summed E-state index contributed by atoms with van der Waals surface area (Å²) in [7, 11) is 0. The maximum absolute atomic E-state index is 5.64. The normalized spacial score (nSPS) is 23.3. The highest BCUT2D eigenvalue weighted by molar-refractivity contribution is 4.68. The van der Waals surface area contributed by atoms with Gasteiger partial charge in [-0.2, -0.15) is 0 Å². The van der Waals surface area contributed by atoms with Crippen molar-refractivity contribution >= 4 is 0 Å². The highest BCUT2D eigenvalue weighted by atomic mass is 16.5. The second-order valence-electron chi connectivity index (χ2n) is 3.45. The van der Waals surface area contributed by atoms with Gasteiger partial charge in [0.25, 0.3) is 0 Å². The number of rotatable bonds is 6. The Bertz CT molecular complexity index is 113. The topological polar surface area (TPSA) is 30.5 Å². The first-order valence-electron chi connectivity index (χ1n) is 5.33. The zero-order valence-electron chi connectivity index (χ0n) is 8.55. The van der Waals surface area contributed by atoms with Crippen molar-refractivity contribution in [2.45, 2.75) is 32.3 Å². The van der Waals surface area contributed by atoms with E-state index in [0.717, 1.165) is 39.3 Å². The molecule has 78 valence electrons. The van der Waals surface area contributed by atoms with E-state index >= 15 is 0 Å². The Morgan fingerprint density at radius 2 is 2.23 bits per heavy atom. The Balaban J connectivity index is 1.86. The van der Waals surface area contributed by atoms with E-state index in [9.17, 15) is 0 Å². The molecule has 0 aliphatic carbocycles. The van der Waals surface area contributed by atoms with Gasteiger partial charge in [-0.25, -0.2) is 0 Å². The van der Waals surface area contributed by atoms with Gasteiger partial charge in [0.1, 0.15) is 0 Å². The van der Waals surface area contributed by atoms with Crippen LogP contribution in [0.4, 0.5) is 0 Å². The van der Waals surface area contributed by atoms with Crippen LogP contribution in [0.1, 0.15) is 26.2 Å². The molecule has 0 unspecified atom stereocenters. The van der Waals surface area contributed by atoms with Crippen LogP contribution in [0, 0.1) is 0 Å². The summed E-state index contributed by atoms with van der Waals surface area (Å²) < 4.78 is 11.0. The largest absolute Gasteiger partial charge is 0.379 e. The van der Waals surface area contributed by atoms with Gasteiger partial charge in [0.05, 0.1) is 19.3 Å². The summed E-state index contributed by atoms with van der Waals surface area (Å²) in [6.07, 6.45) is 3.94. The second kappa shape index (κ2) is 7.30. The minimum Gasteiger partial charge on any atom is -0.379 e. The molecule has 1 atom stereocenters. The fourth-order valence-corrected chi connectivity index (χ4v) is 1.48. The quantitative estimate of drug-likeness (QED) is 0.633. The van der Waals surface area contributed by atoms with Crippen LogP contribution in [0.2, 0.25) is 0 Å². The molecule has 0 spiro atoms. The van der Waals surface area contributed by atoms with E-state index in [2.05, 4.69) is 12.2 Å². The van der Waals surface area contributed by atoms with Crippen molar-refractivity contribution in [1.82, 2.24) is 5.32 Å². The van der Waals surface area contributed by atoms with Gasteiger partial charge in [-0.15, -0.1) is 0 Å². The van der Waals surface area contributed by atoms with Crippen molar-refractivity contribution in [2.75, 3.05) is 32.9 Å². The van der Waals surface area contributed by atoms with Gasteiger partial charge in [-0.1, -0.05) is 6.92 Å². The first kappa shape index (κ1) is 11.0. The van der Waals surface area contributed by atoms with Crippen LogP contribution in [0.5, 0.6) is 0 Å². The molecule has 0 saturated carbocycles. The fraction of sp³-hybridized carbons (Fsp3) is 1.00. The molecule has 0 bridgehead atoms. The lowest BCUT2D eigenvalue weighted by Crippen LogP contribution is -2.35. The van der Waals surface area contributed by atoms with Gasteiger partial charge in [0, 0.05) is 13.2 Å². The smallest absolute Gasteiger partial charge is 0.0704 e. The molecule has 0 aromatic carbocycles. The second-order valence-corrected chi connectivity index (χ2v) is 3.45. The first-order chi connectivity index (χ1) is 6.43. The lowest BCUT2D eigenvalue weighted by Gasteiger charge is -2.22. The van der Waals surface area contributed by atoms with Gasteiger partial charge in [-0.3, -0.25) is 0 Å². The Morgan fingerprint density at radius 1 is 1.31 bits per heavy atom. The van der Waals surface area contributed by atoms with Gasteiger partial charge >= 0.3 is 0 Å². The average molecular weight is 187 g/mol. The van der Waals surface area contributed by atoms with Crippen LogP contribution >= 0.6 is 0 Å². The molecule has 0 amide bonds. The molecule has 3 nitrogen and oxygen atoms in total. The van der Waals surface area contributed by atoms with Crippen LogP contribution in [0.25, 0.3) is 0 Å². The molecule has 0 aromatic heterocycles. The molecule has 1 saturated heterocycles. The summed E-state index contributed by atoms with van der Waals surface area (Å²) >= 11 is 0. The third kappa shape index (κ3) is 5.24. The highest BCUT2D eigenvalue weighted by Crippen LogP contribution is 2.05. The van der Waals surface area contributed by atoms with Crippen molar-refractivity contribution in [3.8, 4) is 0 Å². The molecule has 1 rings (SSSR count). The third-order valence-corrected chi connectivity index (χ3v) is 2.18. The molecule has 0 radical (unpaired) electrons. The molecule has 1 N–H and O–H groups in total. The maximum Gasteiger partial charge on any atom is 0.0704 e. The predicted molar refractivity (Wildman–Crippen MR) is 53.0 cm³/mol. The predicted octanol–water partition coefficient (Wildman–Crippen LogP) is 1.18. The van der Waals surface area contributed by atoms with E-state index in [1.54, 1.807) is 0 Å². The van der Waals surface area contributed by atoms with E-state index < -0.39 is 0 Å². The lowest BCUT2D eigenvalue weighted by atomic mass is 10.1. The first-order valence-corrected chi connectivity index (χ1v) is 5.33. The summed E-state index contributed by atoms with van der Waals surface area (Å²) in [5, 5.41) is 3.32. The summed E-state index contributed by atoms with van der Waals surface area (Å²) in [6.45, 7) is 6.61. The monoisotopic (exact) mass is 187 g/mol. The van der Waals surface area contributed by atoms with Crippen LogP contribution in [-0.4, -0.2) is 39.0 Å². The van der Waals surface area contributed by atoms with Gasteiger partial charge in [0.2, 0.25) is 0 Å². The van der Waals surface area contributed by atoms with Gasteiger partial charge in [-0.05, 0) is 25.8 Å². The Kier molecular flexibility index (Phi) is 6.15. The molecule has 0 aromatic rings. The van der Waals surface area contributed by atoms with Gasteiger partial charge in [0.15, 0.2) is 0 Å². The molecule has 1 aliphatic heterocycles. The zero-order chi connectivity index (χ0) is 9.36. The molecular formula is C10H21NO2. The van der Waals surface area contributed by atoms with Crippen molar-refractivity contribution in [2.24, 2.45) is 0 Å². The maximum atomic E-state index is 5.64. The number of ether oxygens (including phenoxy) is 2. The number of nitrogens with one attached hydrogen (secondary N) is 1. The summed E-state index contributed by atoms with van der Waals surface area (Å²) in [6, 6.07) is 0. The molecule has 13 heavy (non-hydrogen) atoms. The van der Waals surface area contributed by atoms with E-state index in [-0.39, 0.29) is 0 Å². The Morgan fingerprint density at radius 3 is 2.92 bits per heavy atom. The molecule has 1 aliphatic rings. The molecule has 1 fully saturated rings. The number of hydrogen-bond acceptors (Lipinski definition) is 3. The minimum atomic E-state index is 0.416. The minimum absolute atomic E-state index is 0.416. The van der Waals surface area contributed by atoms with Crippen molar-refractivity contribution in [3.63, 3.8) is 0 Å². The standard InChI is InChI=1S/C10H21NO2/c1-2-6-12-7-8-13-10-4-3-5-11-9-10/h10-11H,2-9H2,1H3/t10-/m1/s1. The Hall–Kier alpha value is -0.120. The van der Waals surface area contributed by atoms with Crippen molar-refractivity contribution in [1.29, 1.82) is 0 Å². The SMILES string of the molecule is CCCOCCO[C@@H]1CCCNC1. The number of hydrogen-bond donors (Lipinski definition) is 1. The summed E-state index contributed by atoms with van der Waals surface area (Å²) in [5.74, 6) is 0. The van der Waals surface area contributed by atoms with E-state index in [0.29, 0.717) is 6.10 Å². The van der Waals surface area contributed by atoms with Crippen LogP contribution in [0.3, 0.4) is 0 Å². The van der Waals surface area contributed by atoms with Crippen molar-refractivity contribution in [3.05, 3.63) is 0 Å². The number of piperidine rings is 1. The van der Waals surface area contributed by atoms with E-state index in [1.807, 2.05) is 0 Å². The van der Waals surface area contributed by atoms with E-state index in [4.69, 9.17) is 9.47 Å². The zero-order valence-corrected chi connectivity index (χ0v) is 8.55. The highest BCUT2D eigenvalue weighted by Gasteiger charge is 2.12. The van der Waals surface area contributed by atoms with E-state index in [1.165, 1.54) is 12.8 Å². The molecular weight excluding hydrogens is 166 g/mol. The molecule has 1 heterocycles. The summed E-state index contributed by atoms with van der Waals surface area (Å²) in [5.41, 5.74) is 0. The average Bonchev–Trinajstić information content (AvgIpc) is 2.19. The Labute approximate surface area is 80.8 Å². The molecule has 3 heteroatoms. The van der Waals surface area contributed by atoms with Crippen molar-refractivity contribution < 1.29 is 9.47 Å². The fourth-order valence-electron chi connectivity index (χ4n) is 1.48. The van der Waals surface area contributed by atoms with Gasteiger partial charge < -0.3 is 14.8 Å². The van der Waals surface area contributed by atoms with Crippen LogP contribution < -0.4 is 5.32 Å². The third-order valence-electron chi connectivity index (χ3n) is 2.18. The van der Waals surface area contributed by atoms with Crippen LogP contribution in [0.15, 0.2) is 0 Å². The van der Waals surface area contributed by atoms with Crippen LogP contribution in [-0.2, 0) is 9.47 Å². The summed E-state index contributed by atoms with van der Waals surface area (Å²) in [4.78, 5) is 0.